The Morgan fingerprint density at radius 2 is 1.70 bits per heavy atom. The van der Waals surface area contributed by atoms with Crippen LogP contribution in [0.25, 0.3) is 0 Å². The number of methoxy groups -OCH3 is 3. The van der Waals surface area contributed by atoms with E-state index >= 15 is 0 Å². The van der Waals surface area contributed by atoms with Crippen LogP contribution in [0.4, 0.5) is 33.2 Å². The van der Waals surface area contributed by atoms with Crippen molar-refractivity contribution in [2.45, 2.75) is 6.92 Å². The number of anilines is 4. The Morgan fingerprint density at radius 1 is 1.03 bits per heavy atom. The standard InChI is InChI=1S/C21H21FN6O5/c1-11(23)12-7-18(32-3)19(33-4)10-14(12)25-20-5-6-24-21(27-20)26-15-9-16(28(29)30)13(22)8-17(15)31-2/h5-10,23H,1-4H3,(H2,24,25,26,27). The van der Waals surface area contributed by atoms with Crippen molar-refractivity contribution >= 4 is 34.5 Å². The van der Waals surface area contributed by atoms with Gasteiger partial charge in [0.05, 0.1) is 37.6 Å². The number of rotatable bonds is 9. The second kappa shape index (κ2) is 9.77. The first-order valence-electron chi connectivity index (χ1n) is 9.48. The molecule has 3 rings (SSSR count). The summed E-state index contributed by atoms with van der Waals surface area (Å²) in [7, 11) is 4.31. The summed E-state index contributed by atoms with van der Waals surface area (Å²) in [6, 6.07) is 6.85. The van der Waals surface area contributed by atoms with Gasteiger partial charge in [-0.1, -0.05) is 0 Å². The molecular formula is C21H21FN6O5. The molecule has 0 saturated carbocycles. The predicted molar refractivity (Wildman–Crippen MR) is 120 cm³/mol. The van der Waals surface area contributed by atoms with Crippen LogP contribution in [0.5, 0.6) is 17.2 Å². The third kappa shape index (κ3) is 5.06. The average Bonchev–Trinajstić information content (AvgIpc) is 2.79. The molecule has 0 radical (unpaired) electrons. The molecule has 0 spiro atoms. The quantitative estimate of drug-likeness (QED) is 0.242. The molecule has 0 bridgehead atoms. The van der Waals surface area contributed by atoms with E-state index in [9.17, 15) is 14.5 Å². The number of nitrogens with one attached hydrogen (secondary N) is 3. The number of nitro benzene ring substituents is 1. The lowest BCUT2D eigenvalue weighted by Crippen LogP contribution is -2.06. The van der Waals surface area contributed by atoms with Crippen LogP contribution in [0.2, 0.25) is 0 Å². The molecule has 0 aliphatic rings. The molecule has 0 atom stereocenters. The molecule has 0 aliphatic heterocycles. The summed E-state index contributed by atoms with van der Waals surface area (Å²) in [4.78, 5) is 18.7. The van der Waals surface area contributed by atoms with Crippen molar-refractivity contribution in [2.24, 2.45) is 0 Å². The highest BCUT2D eigenvalue weighted by atomic mass is 19.1. The van der Waals surface area contributed by atoms with Crippen LogP contribution in [0.15, 0.2) is 36.5 Å². The summed E-state index contributed by atoms with van der Waals surface area (Å²) in [5.74, 6) is 0.384. The molecular weight excluding hydrogens is 435 g/mol. The molecule has 0 amide bonds. The van der Waals surface area contributed by atoms with Crippen LogP contribution in [0.1, 0.15) is 12.5 Å². The largest absolute Gasteiger partial charge is 0.494 e. The molecule has 3 N–H and O–H groups in total. The third-order valence-corrected chi connectivity index (χ3v) is 4.56. The molecule has 0 saturated heterocycles. The third-order valence-electron chi connectivity index (χ3n) is 4.56. The zero-order valence-electron chi connectivity index (χ0n) is 18.2. The van der Waals surface area contributed by atoms with Gasteiger partial charge in [-0.15, -0.1) is 0 Å². The van der Waals surface area contributed by atoms with Gasteiger partial charge in [-0.2, -0.15) is 9.37 Å². The summed E-state index contributed by atoms with van der Waals surface area (Å²) >= 11 is 0. The van der Waals surface area contributed by atoms with E-state index in [1.165, 1.54) is 27.5 Å². The van der Waals surface area contributed by atoms with E-state index in [1.54, 1.807) is 25.1 Å². The normalized spacial score (nSPS) is 10.3. The molecule has 0 fully saturated rings. The lowest BCUT2D eigenvalue weighted by molar-refractivity contribution is -0.387. The summed E-state index contributed by atoms with van der Waals surface area (Å²) in [5, 5.41) is 25.1. The van der Waals surface area contributed by atoms with Crippen LogP contribution < -0.4 is 24.8 Å². The highest BCUT2D eigenvalue weighted by Crippen LogP contribution is 2.36. The van der Waals surface area contributed by atoms with E-state index in [1.807, 2.05) is 0 Å². The van der Waals surface area contributed by atoms with E-state index in [0.717, 1.165) is 12.1 Å². The topological polar surface area (TPSA) is 145 Å². The fraction of sp³-hybridized carbons (Fsp3) is 0.190. The van der Waals surface area contributed by atoms with E-state index < -0.39 is 16.4 Å². The van der Waals surface area contributed by atoms with E-state index in [-0.39, 0.29) is 23.1 Å². The number of benzene rings is 2. The molecule has 3 aromatic rings. The molecule has 172 valence electrons. The first kappa shape index (κ1) is 23.2. The van der Waals surface area contributed by atoms with Crippen molar-refractivity contribution in [3.05, 3.63) is 58.0 Å². The number of nitro groups is 1. The van der Waals surface area contributed by atoms with Crippen LogP contribution in [-0.4, -0.2) is 41.9 Å². The molecule has 1 aromatic heterocycles. The molecule has 33 heavy (non-hydrogen) atoms. The van der Waals surface area contributed by atoms with Gasteiger partial charge in [0, 0.05) is 35.7 Å². The second-order valence-corrected chi connectivity index (χ2v) is 6.65. The minimum Gasteiger partial charge on any atom is -0.494 e. The fourth-order valence-electron chi connectivity index (χ4n) is 2.99. The smallest absolute Gasteiger partial charge is 0.307 e. The summed E-state index contributed by atoms with van der Waals surface area (Å²) in [5.41, 5.74) is 0.791. The number of aromatic nitrogens is 2. The van der Waals surface area contributed by atoms with Gasteiger partial charge in [0.15, 0.2) is 11.5 Å². The summed E-state index contributed by atoms with van der Waals surface area (Å²) in [6.45, 7) is 1.63. The minimum atomic E-state index is -1.03. The van der Waals surface area contributed by atoms with E-state index in [2.05, 4.69) is 20.6 Å². The number of hydrogen-bond acceptors (Lipinski definition) is 10. The molecule has 11 nitrogen and oxygen atoms in total. The average molecular weight is 456 g/mol. The minimum absolute atomic E-state index is 0.0432. The highest BCUT2D eigenvalue weighted by Gasteiger charge is 2.20. The maximum atomic E-state index is 13.9. The van der Waals surface area contributed by atoms with Crippen molar-refractivity contribution in [1.82, 2.24) is 9.97 Å². The monoisotopic (exact) mass is 456 g/mol. The molecule has 0 unspecified atom stereocenters. The SMILES string of the molecule is COc1cc(F)c([N+](=O)[O-])cc1Nc1nccc(Nc2cc(OC)c(OC)cc2C(C)=N)n1. The lowest BCUT2D eigenvalue weighted by Gasteiger charge is -2.16. The summed E-state index contributed by atoms with van der Waals surface area (Å²) < 4.78 is 29.6. The fourth-order valence-corrected chi connectivity index (χ4v) is 2.99. The van der Waals surface area contributed by atoms with Gasteiger partial charge in [0.1, 0.15) is 11.6 Å². The second-order valence-electron chi connectivity index (χ2n) is 6.65. The zero-order valence-corrected chi connectivity index (χ0v) is 18.2. The van der Waals surface area contributed by atoms with E-state index in [0.29, 0.717) is 28.6 Å². The Bertz CT molecular complexity index is 1220. The molecule has 2 aromatic carbocycles. The highest BCUT2D eigenvalue weighted by molar-refractivity contribution is 6.02. The van der Waals surface area contributed by atoms with E-state index in [4.69, 9.17) is 19.6 Å². The zero-order chi connectivity index (χ0) is 24.1. The van der Waals surface area contributed by atoms with Crippen LogP contribution in [0, 0.1) is 21.3 Å². The predicted octanol–water partition coefficient (Wildman–Crippen LogP) is 4.42. The first-order chi connectivity index (χ1) is 15.8. The maximum Gasteiger partial charge on any atom is 0.307 e. The number of ether oxygens (including phenoxy) is 3. The van der Waals surface area contributed by atoms with Gasteiger partial charge in [-0.3, -0.25) is 10.1 Å². The number of nitrogens with zero attached hydrogens (tertiary/aromatic N) is 3. The van der Waals surface area contributed by atoms with Crippen molar-refractivity contribution in [1.29, 1.82) is 5.41 Å². The molecule has 1 heterocycles. The van der Waals surface area contributed by atoms with Gasteiger partial charge < -0.3 is 30.3 Å². The van der Waals surface area contributed by atoms with Gasteiger partial charge in [-0.25, -0.2) is 4.98 Å². The lowest BCUT2D eigenvalue weighted by atomic mass is 10.1. The van der Waals surface area contributed by atoms with Crippen molar-refractivity contribution in [3.8, 4) is 17.2 Å². The van der Waals surface area contributed by atoms with Gasteiger partial charge in [0.2, 0.25) is 11.8 Å². The van der Waals surface area contributed by atoms with Gasteiger partial charge in [-0.05, 0) is 19.1 Å². The van der Waals surface area contributed by atoms with Crippen molar-refractivity contribution < 1.29 is 23.5 Å². The van der Waals surface area contributed by atoms with Crippen LogP contribution >= 0.6 is 0 Å². The van der Waals surface area contributed by atoms with Crippen LogP contribution in [0.3, 0.4) is 0 Å². The van der Waals surface area contributed by atoms with Gasteiger partial charge in [0.25, 0.3) is 0 Å². The maximum absolute atomic E-state index is 13.9. The van der Waals surface area contributed by atoms with Crippen molar-refractivity contribution in [3.63, 3.8) is 0 Å². The van der Waals surface area contributed by atoms with Gasteiger partial charge >= 0.3 is 5.69 Å². The van der Waals surface area contributed by atoms with Crippen molar-refractivity contribution in [2.75, 3.05) is 32.0 Å². The summed E-state index contributed by atoms with van der Waals surface area (Å²) in [6.07, 6.45) is 1.46. The Balaban J connectivity index is 1.96. The Hall–Kier alpha value is -4.48. The molecule has 0 aliphatic carbocycles. The Morgan fingerprint density at radius 3 is 2.30 bits per heavy atom. The van der Waals surface area contributed by atoms with Crippen LogP contribution in [-0.2, 0) is 0 Å². The Labute approximate surface area is 188 Å². The number of halogens is 1. The Kier molecular flexibility index (Phi) is 6.86. The molecule has 12 heteroatoms. The first-order valence-corrected chi connectivity index (χ1v) is 9.48. The number of hydrogen-bond donors (Lipinski definition) is 3.